The third-order valence-electron chi connectivity index (χ3n) is 4.86. The van der Waals surface area contributed by atoms with Crippen molar-refractivity contribution in [1.29, 1.82) is 0 Å². The molecule has 0 rings (SSSR count). The van der Waals surface area contributed by atoms with Crippen molar-refractivity contribution < 1.29 is 39.0 Å². The van der Waals surface area contributed by atoms with Crippen molar-refractivity contribution in [2.75, 3.05) is 6.54 Å². The third kappa shape index (κ3) is 12.1. The number of amides is 4. The van der Waals surface area contributed by atoms with E-state index >= 15 is 0 Å². The quantitative estimate of drug-likeness (QED) is 0.0988. The lowest BCUT2D eigenvalue weighted by molar-refractivity contribution is -0.144. The average molecular weight is 489 g/mol. The summed E-state index contributed by atoms with van der Waals surface area (Å²) < 4.78 is 0. The normalized spacial score (nSPS) is 14.4. The number of unbranched alkanes of at least 4 members (excludes halogenated alkanes) is 1. The molecule has 11 N–H and O–H groups in total. The second-order valence-corrected chi connectivity index (χ2v) is 8.18. The summed E-state index contributed by atoms with van der Waals surface area (Å²) in [6.45, 7) is 3.70. The number of carboxylic acids is 2. The lowest BCUT2D eigenvalue weighted by atomic mass is 10.0. The first kappa shape index (κ1) is 30.7. The van der Waals surface area contributed by atoms with Crippen LogP contribution in [0.1, 0.15) is 52.4 Å². The molecule has 0 aromatic heterocycles. The number of carbonyl (C=O) groups is 6. The molecule has 0 saturated heterocycles. The maximum atomic E-state index is 12.8. The fourth-order valence-electron chi connectivity index (χ4n) is 2.90. The van der Waals surface area contributed by atoms with Crippen molar-refractivity contribution in [2.24, 2.45) is 23.1 Å². The summed E-state index contributed by atoms with van der Waals surface area (Å²) >= 11 is 0. The van der Waals surface area contributed by atoms with Gasteiger partial charge in [0.2, 0.25) is 23.6 Å². The zero-order valence-electron chi connectivity index (χ0n) is 19.4. The van der Waals surface area contributed by atoms with Crippen LogP contribution in [0.3, 0.4) is 0 Å². The fourth-order valence-corrected chi connectivity index (χ4v) is 2.90. The Bertz CT molecular complexity index is 745. The topological polar surface area (TPSA) is 257 Å². The van der Waals surface area contributed by atoms with Gasteiger partial charge in [-0.15, -0.1) is 0 Å². The summed E-state index contributed by atoms with van der Waals surface area (Å²) in [5.74, 6) is -6.66. The number of carbonyl (C=O) groups excluding carboxylic acids is 4. The minimum absolute atomic E-state index is 0.323. The molecule has 0 spiro atoms. The molecule has 0 aromatic carbocycles. The molecule has 0 aliphatic rings. The molecular formula is C20H36N6O8. The fraction of sp³-hybridized carbons (Fsp3) is 0.700. The zero-order valence-corrected chi connectivity index (χ0v) is 19.4. The summed E-state index contributed by atoms with van der Waals surface area (Å²) in [6, 6.07) is -5.19. The van der Waals surface area contributed by atoms with Gasteiger partial charge in [-0.25, -0.2) is 4.79 Å². The molecule has 0 aliphatic carbocycles. The molecule has 0 saturated carbocycles. The Hall–Kier alpha value is -3.26. The molecule has 0 aromatic rings. The van der Waals surface area contributed by atoms with E-state index in [-0.39, 0.29) is 12.8 Å². The number of aliphatic carboxylic acids is 2. The van der Waals surface area contributed by atoms with Crippen LogP contribution in [0.5, 0.6) is 0 Å². The Morgan fingerprint density at radius 3 is 1.88 bits per heavy atom. The monoisotopic (exact) mass is 488 g/mol. The van der Waals surface area contributed by atoms with E-state index in [1.165, 1.54) is 0 Å². The van der Waals surface area contributed by atoms with Crippen molar-refractivity contribution in [3.05, 3.63) is 0 Å². The number of hydrogen-bond acceptors (Lipinski definition) is 8. The van der Waals surface area contributed by atoms with Crippen molar-refractivity contribution in [1.82, 2.24) is 16.0 Å². The van der Waals surface area contributed by atoms with E-state index in [0.717, 1.165) is 0 Å². The van der Waals surface area contributed by atoms with E-state index in [2.05, 4.69) is 16.0 Å². The van der Waals surface area contributed by atoms with Crippen LogP contribution < -0.4 is 33.2 Å². The predicted octanol–water partition coefficient (Wildman–Crippen LogP) is -2.62. The molecule has 0 bridgehead atoms. The number of carboxylic acid groups (broad SMARTS) is 2. The van der Waals surface area contributed by atoms with Crippen molar-refractivity contribution in [2.45, 2.75) is 76.5 Å². The second kappa shape index (κ2) is 15.6. The molecule has 34 heavy (non-hydrogen) atoms. The largest absolute Gasteiger partial charge is 0.481 e. The van der Waals surface area contributed by atoms with Gasteiger partial charge >= 0.3 is 11.9 Å². The molecule has 0 heterocycles. The van der Waals surface area contributed by atoms with Crippen LogP contribution in [0.4, 0.5) is 0 Å². The maximum Gasteiger partial charge on any atom is 0.326 e. The smallest absolute Gasteiger partial charge is 0.326 e. The van der Waals surface area contributed by atoms with Gasteiger partial charge in [-0.05, 0) is 31.7 Å². The minimum Gasteiger partial charge on any atom is -0.481 e. The van der Waals surface area contributed by atoms with Gasteiger partial charge in [0.05, 0.1) is 12.5 Å². The Morgan fingerprint density at radius 2 is 1.41 bits per heavy atom. The number of nitrogens with one attached hydrogen (secondary N) is 3. The average Bonchev–Trinajstić information content (AvgIpc) is 2.72. The van der Waals surface area contributed by atoms with Crippen LogP contribution in [0.25, 0.3) is 0 Å². The second-order valence-electron chi connectivity index (χ2n) is 8.18. The van der Waals surface area contributed by atoms with E-state index in [4.69, 9.17) is 22.3 Å². The zero-order chi connectivity index (χ0) is 26.4. The summed E-state index contributed by atoms with van der Waals surface area (Å²) in [6.07, 6.45) is 0.137. The highest BCUT2D eigenvalue weighted by atomic mass is 16.4. The number of rotatable bonds is 17. The summed E-state index contributed by atoms with van der Waals surface area (Å²) in [7, 11) is 0. The Labute approximate surface area is 197 Å². The third-order valence-corrected chi connectivity index (χ3v) is 4.86. The van der Waals surface area contributed by atoms with Gasteiger partial charge in [0.15, 0.2) is 0 Å². The van der Waals surface area contributed by atoms with Gasteiger partial charge in [-0.1, -0.05) is 20.3 Å². The lowest BCUT2D eigenvalue weighted by Gasteiger charge is -2.26. The Morgan fingerprint density at radius 1 is 0.824 bits per heavy atom. The van der Waals surface area contributed by atoms with Crippen molar-refractivity contribution in [3.8, 4) is 0 Å². The van der Waals surface area contributed by atoms with Crippen LogP contribution >= 0.6 is 0 Å². The molecule has 0 fully saturated rings. The molecular weight excluding hydrogens is 452 g/mol. The number of hydrogen-bond donors (Lipinski definition) is 8. The van der Waals surface area contributed by atoms with E-state index in [1.54, 1.807) is 13.8 Å². The standard InChI is InChI=1S/C20H36N6O8/c1-10(2)16(26-17(30)11(22)5-3-4-8-21)19(32)25-13(9-15(28)29)18(31)24-12(20(33)34)6-7-14(23)27/h10-13,16H,3-9,21-22H2,1-2H3,(H2,23,27)(H,24,31)(H,25,32)(H,26,30)(H,28,29)(H,33,34). The van der Waals surface area contributed by atoms with E-state index in [9.17, 15) is 33.9 Å². The van der Waals surface area contributed by atoms with Gasteiger partial charge < -0.3 is 43.4 Å². The SMILES string of the molecule is CC(C)C(NC(=O)C(N)CCCCN)C(=O)NC(CC(=O)O)C(=O)NC(CCC(N)=O)C(=O)O. The summed E-state index contributed by atoms with van der Waals surface area (Å²) in [5, 5.41) is 25.2. The van der Waals surface area contributed by atoms with Gasteiger partial charge in [-0.2, -0.15) is 0 Å². The van der Waals surface area contributed by atoms with Gasteiger partial charge in [0.25, 0.3) is 0 Å². The molecule has 4 atom stereocenters. The van der Waals surface area contributed by atoms with E-state index in [1.807, 2.05) is 0 Å². The minimum atomic E-state index is -1.64. The lowest BCUT2D eigenvalue weighted by Crippen LogP contribution is -2.58. The van der Waals surface area contributed by atoms with Crippen LogP contribution in [0.2, 0.25) is 0 Å². The van der Waals surface area contributed by atoms with Gasteiger partial charge in [0.1, 0.15) is 18.1 Å². The first-order valence-electron chi connectivity index (χ1n) is 10.9. The highest BCUT2D eigenvalue weighted by Crippen LogP contribution is 2.07. The molecule has 4 unspecified atom stereocenters. The maximum absolute atomic E-state index is 12.8. The van der Waals surface area contributed by atoms with Gasteiger partial charge in [-0.3, -0.25) is 24.0 Å². The van der Waals surface area contributed by atoms with Gasteiger partial charge in [0, 0.05) is 6.42 Å². The van der Waals surface area contributed by atoms with Crippen LogP contribution in [-0.4, -0.2) is 76.5 Å². The highest BCUT2D eigenvalue weighted by molar-refractivity contribution is 5.95. The van der Waals surface area contributed by atoms with Crippen molar-refractivity contribution >= 4 is 35.6 Å². The summed E-state index contributed by atoms with van der Waals surface area (Å²) in [4.78, 5) is 71.2. The Kier molecular flexibility index (Phi) is 14.1. The molecule has 0 aliphatic heterocycles. The molecule has 4 amide bonds. The molecule has 14 heteroatoms. The molecule has 0 radical (unpaired) electrons. The predicted molar refractivity (Wildman–Crippen MR) is 120 cm³/mol. The first-order valence-corrected chi connectivity index (χ1v) is 10.9. The van der Waals surface area contributed by atoms with Crippen LogP contribution in [0, 0.1) is 5.92 Å². The number of primary amides is 1. The highest BCUT2D eigenvalue weighted by Gasteiger charge is 2.32. The number of nitrogens with two attached hydrogens (primary N) is 3. The van der Waals surface area contributed by atoms with Crippen molar-refractivity contribution in [3.63, 3.8) is 0 Å². The molecule has 14 nitrogen and oxygen atoms in total. The van der Waals surface area contributed by atoms with Crippen LogP contribution in [-0.2, 0) is 28.8 Å². The Balaban J connectivity index is 5.37. The first-order chi connectivity index (χ1) is 15.8. The molecule has 194 valence electrons. The van der Waals surface area contributed by atoms with E-state index in [0.29, 0.717) is 25.8 Å². The van der Waals surface area contributed by atoms with E-state index < -0.39 is 72.1 Å². The summed E-state index contributed by atoms with van der Waals surface area (Å²) in [5.41, 5.74) is 16.2. The van der Waals surface area contributed by atoms with Crippen LogP contribution in [0.15, 0.2) is 0 Å².